The van der Waals surface area contributed by atoms with Gasteiger partial charge in [0.15, 0.2) is 0 Å². The maximum atomic E-state index is 6.65. The van der Waals surface area contributed by atoms with E-state index in [1.165, 1.54) is 44.5 Å². The van der Waals surface area contributed by atoms with E-state index < -0.39 is 0 Å². The molecule has 0 saturated heterocycles. The molecule has 0 aliphatic carbocycles. The highest BCUT2D eigenvalue weighted by Crippen LogP contribution is 2.47. The summed E-state index contributed by atoms with van der Waals surface area (Å²) in [4.78, 5) is 2.36. The molecule has 2 heterocycles. The van der Waals surface area contributed by atoms with Crippen LogP contribution < -0.4 is 4.90 Å². The topological polar surface area (TPSA) is 16.4 Å². The Morgan fingerprint density at radius 3 is 2.33 bits per heavy atom. The Kier molecular flexibility index (Phi) is 4.80. The summed E-state index contributed by atoms with van der Waals surface area (Å²) < 4.78 is 6.65. The zero-order valence-corrected chi connectivity index (χ0v) is 19.1. The predicted molar refractivity (Wildman–Crippen MR) is 138 cm³/mol. The summed E-state index contributed by atoms with van der Waals surface area (Å²) in [6.07, 6.45) is 3.17. The monoisotopic (exact) mass is 429 g/mol. The van der Waals surface area contributed by atoms with Gasteiger partial charge in [0.2, 0.25) is 5.88 Å². The molecule has 5 aromatic rings. The Bertz CT molecular complexity index is 1460. The lowest BCUT2D eigenvalue weighted by Gasteiger charge is -2.30. The average Bonchev–Trinajstić information content (AvgIpc) is 3.17. The van der Waals surface area contributed by atoms with Crippen LogP contribution in [0.3, 0.4) is 0 Å². The van der Waals surface area contributed by atoms with Crippen molar-refractivity contribution in [3.63, 3.8) is 0 Å². The van der Waals surface area contributed by atoms with Gasteiger partial charge in [-0.25, -0.2) is 0 Å². The van der Waals surface area contributed by atoms with Crippen LogP contribution in [-0.2, 0) is 12.8 Å². The molecule has 2 nitrogen and oxygen atoms in total. The van der Waals surface area contributed by atoms with Gasteiger partial charge in [-0.15, -0.1) is 0 Å². The van der Waals surface area contributed by atoms with Crippen LogP contribution >= 0.6 is 0 Å². The van der Waals surface area contributed by atoms with Gasteiger partial charge in [-0.2, -0.15) is 0 Å². The second-order valence-electron chi connectivity index (χ2n) is 9.09. The zero-order chi connectivity index (χ0) is 22.4. The quantitative estimate of drug-likeness (QED) is 0.279. The Hall–Kier alpha value is -3.78. The summed E-state index contributed by atoms with van der Waals surface area (Å²) in [5.41, 5.74) is 11.0. The van der Waals surface area contributed by atoms with Gasteiger partial charge in [-0.3, -0.25) is 4.90 Å². The maximum absolute atomic E-state index is 6.65. The molecule has 2 heteroatoms. The molecule has 1 aliphatic heterocycles. The number of aryl methyl sites for hydroxylation is 4. The van der Waals surface area contributed by atoms with Crippen molar-refractivity contribution in [3.8, 4) is 11.1 Å². The first kappa shape index (κ1) is 19.9. The van der Waals surface area contributed by atoms with E-state index >= 15 is 0 Å². The molecular formula is C31H27NO. The second kappa shape index (κ2) is 7.97. The molecule has 0 spiro atoms. The van der Waals surface area contributed by atoms with Gasteiger partial charge in [0.25, 0.3) is 0 Å². The zero-order valence-electron chi connectivity index (χ0n) is 19.1. The standard InChI is InChI=1S/C31H27NO/c1-21-15-17-28-24(19-21)11-8-13-26-27-20-22(2)16-18-30(27)33-31(26)32(28)29-14-7-6-12-25(29)23-9-4-3-5-10-23/h3-7,9-10,12,14-20H,8,11,13H2,1-2H3. The first-order valence-corrected chi connectivity index (χ1v) is 11.8. The molecule has 0 N–H and O–H groups in total. The van der Waals surface area contributed by atoms with Crippen LogP contribution in [-0.4, -0.2) is 0 Å². The maximum Gasteiger partial charge on any atom is 0.209 e. The van der Waals surface area contributed by atoms with E-state index in [1.807, 2.05) is 0 Å². The predicted octanol–water partition coefficient (Wildman–Crippen LogP) is 8.68. The van der Waals surface area contributed by atoms with Crippen LogP contribution in [0.15, 0.2) is 95.4 Å². The molecule has 33 heavy (non-hydrogen) atoms. The summed E-state index contributed by atoms with van der Waals surface area (Å²) in [6, 6.07) is 32.7. The van der Waals surface area contributed by atoms with Gasteiger partial charge in [0, 0.05) is 16.5 Å². The highest BCUT2D eigenvalue weighted by atomic mass is 16.4. The molecule has 1 aliphatic rings. The number of furan rings is 1. The highest BCUT2D eigenvalue weighted by molar-refractivity contribution is 5.94. The highest BCUT2D eigenvalue weighted by Gasteiger charge is 2.28. The lowest BCUT2D eigenvalue weighted by Crippen LogP contribution is -2.16. The van der Waals surface area contributed by atoms with E-state index in [-0.39, 0.29) is 0 Å². The van der Waals surface area contributed by atoms with Gasteiger partial charge in [-0.05, 0) is 68.5 Å². The number of rotatable bonds is 2. The lowest BCUT2D eigenvalue weighted by atomic mass is 9.95. The molecular weight excluding hydrogens is 402 g/mol. The molecule has 1 aromatic heterocycles. The molecule has 0 saturated carbocycles. The normalized spacial score (nSPS) is 13.3. The lowest BCUT2D eigenvalue weighted by molar-refractivity contribution is 0.611. The summed E-state index contributed by atoms with van der Waals surface area (Å²) in [7, 11) is 0. The molecule has 0 amide bonds. The number of para-hydroxylation sites is 1. The van der Waals surface area contributed by atoms with E-state index in [0.717, 1.165) is 36.4 Å². The number of benzene rings is 4. The number of fused-ring (bicyclic) bond motifs is 4. The number of anilines is 3. The Balaban J connectivity index is 1.68. The van der Waals surface area contributed by atoms with Crippen LogP contribution in [0, 0.1) is 13.8 Å². The second-order valence-corrected chi connectivity index (χ2v) is 9.09. The molecule has 0 radical (unpaired) electrons. The number of hydrogen-bond acceptors (Lipinski definition) is 2. The minimum Gasteiger partial charge on any atom is -0.439 e. The van der Waals surface area contributed by atoms with Crippen molar-refractivity contribution < 1.29 is 4.42 Å². The van der Waals surface area contributed by atoms with Crippen molar-refractivity contribution in [3.05, 3.63) is 113 Å². The molecule has 0 fully saturated rings. The SMILES string of the molecule is Cc1ccc2c(c1)CCCc1c(oc3ccc(C)cc13)N2c1ccccc1-c1ccccc1. The van der Waals surface area contributed by atoms with Crippen LogP contribution in [0.1, 0.15) is 28.7 Å². The van der Waals surface area contributed by atoms with E-state index in [4.69, 9.17) is 4.42 Å². The van der Waals surface area contributed by atoms with Crippen LogP contribution in [0.2, 0.25) is 0 Å². The molecule has 162 valence electrons. The smallest absolute Gasteiger partial charge is 0.209 e. The minimum atomic E-state index is 0.948. The first-order valence-electron chi connectivity index (χ1n) is 11.8. The molecule has 6 rings (SSSR count). The van der Waals surface area contributed by atoms with E-state index in [9.17, 15) is 0 Å². The molecule has 4 aromatic carbocycles. The van der Waals surface area contributed by atoms with Gasteiger partial charge in [-0.1, -0.05) is 77.9 Å². The molecule has 0 bridgehead atoms. The summed E-state index contributed by atoms with van der Waals surface area (Å²) in [6.45, 7) is 4.33. The van der Waals surface area contributed by atoms with Gasteiger partial charge >= 0.3 is 0 Å². The van der Waals surface area contributed by atoms with Crippen LogP contribution in [0.5, 0.6) is 0 Å². The van der Waals surface area contributed by atoms with E-state index in [2.05, 4.69) is 110 Å². The third-order valence-corrected chi connectivity index (χ3v) is 6.71. The third kappa shape index (κ3) is 3.43. The minimum absolute atomic E-state index is 0.948. The van der Waals surface area contributed by atoms with Gasteiger partial charge in [0.1, 0.15) is 5.58 Å². The fourth-order valence-corrected chi connectivity index (χ4v) is 5.14. The van der Waals surface area contributed by atoms with E-state index in [0.29, 0.717) is 0 Å². The van der Waals surface area contributed by atoms with Crippen molar-refractivity contribution >= 4 is 28.2 Å². The fourth-order valence-electron chi connectivity index (χ4n) is 5.14. The van der Waals surface area contributed by atoms with Crippen molar-refractivity contribution in [1.82, 2.24) is 0 Å². The number of nitrogens with zero attached hydrogens (tertiary/aromatic N) is 1. The Morgan fingerprint density at radius 2 is 1.45 bits per heavy atom. The average molecular weight is 430 g/mol. The summed E-state index contributed by atoms with van der Waals surface area (Å²) in [5.74, 6) is 0.948. The Labute approximate surface area is 195 Å². The Morgan fingerprint density at radius 1 is 0.697 bits per heavy atom. The summed E-state index contributed by atoms with van der Waals surface area (Å²) in [5, 5.41) is 1.24. The van der Waals surface area contributed by atoms with Gasteiger partial charge < -0.3 is 4.42 Å². The first-order chi connectivity index (χ1) is 16.2. The molecule has 0 unspecified atom stereocenters. The summed E-state index contributed by atoms with van der Waals surface area (Å²) >= 11 is 0. The third-order valence-electron chi connectivity index (χ3n) is 6.71. The fraction of sp³-hybridized carbons (Fsp3) is 0.161. The van der Waals surface area contributed by atoms with Crippen LogP contribution in [0.4, 0.5) is 17.3 Å². The van der Waals surface area contributed by atoms with Crippen LogP contribution in [0.25, 0.3) is 22.1 Å². The van der Waals surface area contributed by atoms with E-state index in [1.54, 1.807) is 0 Å². The van der Waals surface area contributed by atoms with Gasteiger partial charge in [0.05, 0.1) is 11.4 Å². The largest absolute Gasteiger partial charge is 0.439 e. The number of hydrogen-bond donors (Lipinski definition) is 0. The van der Waals surface area contributed by atoms with Crippen molar-refractivity contribution in [2.45, 2.75) is 33.1 Å². The van der Waals surface area contributed by atoms with Crippen molar-refractivity contribution in [2.75, 3.05) is 4.90 Å². The van der Waals surface area contributed by atoms with Crippen molar-refractivity contribution in [1.29, 1.82) is 0 Å². The van der Waals surface area contributed by atoms with Crippen molar-refractivity contribution in [2.24, 2.45) is 0 Å². The molecule has 0 atom stereocenters.